The smallest absolute Gasteiger partial charge is 0.150 e. The molecule has 0 aliphatic carbocycles. The summed E-state index contributed by atoms with van der Waals surface area (Å²) < 4.78 is 0. The molecule has 0 radical (unpaired) electrons. The molecule has 0 unspecified atom stereocenters. The summed E-state index contributed by atoms with van der Waals surface area (Å²) in [7, 11) is 1.93. The Kier molecular flexibility index (Phi) is 2.85. The molecular weight excluding hydrogens is 198 g/mol. The molecule has 2 aromatic rings. The number of nitrogens with one attached hydrogen (secondary N) is 2. The molecule has 2 heterocycles. The predicted octanol–water partition coefficient (Wildman–Crippen LogP) is 0.690. The molecule has 14 heavy (non-hydrogen) atoms. The van der Waals surface area contributed by atoms with E-state index in [1.165, 1.54) is 0 Å². The largest absolute Gasteiger partial charge is 0.319 e. The Balaban J connectivity index is 2.10. The quantitative estimate of drug-likeness (QED) is 0.777. The summed E-state index contributed by atoms with van der Waals surface area (Å²) in [4.78, 5) is 0. The van der Waals surface area contributed by atoms with Crippen LogP contribution in [-0.2, 0) is 6.42 Å². The van der Waals surface area contributed by atoms with Crippen LogP contribution in [0.1, 0.15) is 5.01 Å². The van der Waals surface area contributed by atoms with Crippen LogP contribution < -0.4 is 5.32 Å². The van der Waals surface area contributed by atoms with Crippen molar-refractivity contribution in [3.8, 4) is 10.6 Å². The van der Waals surface area contributed by atoms with Gasteiger partial charge in [-0.15, -0.1) is 10.2 Å². The molecule has 2 aromatic heterocycles. The van der Waals surface area contributed by atoms with E-state index < -0.39 is 0 Å². The van der Waals surface area contributed by atoms with Gasteiger partial charge in [0.05, 0.1) is 11.8 Å². The first kappa shape index (κ1) is 9.29. The molecule has 0 atom stereocenters. The lowest BCUT2D eigenvalue weighted by molar-refractivity contribution is 0.779. The zero-order valence-corrected chi connectivity index (χ0v) is 8.64. The summed E-state index contributed by atoms with van der Waals surface area (Å²) in [6.07, 6.45) is 4.50. The SMILES string of the molecule is CNCCc1nnc(-c2cn[nH]c2)s1. The highest BCUT2D eigenvalue weighted by molar-refractivity contribution is 7.14. The van der Waals surface area contributed by atoms with Gasteiger partial charge >= 0.3 is 0 Å². The second kappa shape index (κ2) is 4.30. The molecule has 2 rings (SSSR count). The van der Waals surface area contributed by atoms with Crippen LogP contribution in [0, 0.1) is 0 Å². The van der Waals surface area contributed by atoms with Crippen LogP contribution >= 0.6 is 11.3 Å². The first-order valence-electron chi connectivity index (χ1n) is 4.36. The van der Waals surface area contributed by atoms with Crippen molar-refractivity contribution >= 4 is 11.3 Å². The molecule has 5 nitrogen and oxygen atoms in total. The van der Waals surface area contributed by atoms with Crippen molar-refractivity contribution in [2.45, 2.75) is 6.42 Å². The molecule has 0 amide bonds. The molecule has 0 aliphatic rings. The van der Waals surface area contributed by atoms with E-state index in [0.717, 1.165) is 28.5 Å². The molecule has 0 fully saturated rings. The number of H-pyrrole nitrogens is 1. The number of nitrogens with zero attached hydrogens (tertiary/aromatic N) is 3. The maximum atomic E-state index is 4.10. The van der Waals surface area contributed by atoms with Crippen molar-refractivity contribution in [2.24, 2.45) is 0 Å². The fourth-order valence-electron chi connectivity index (χ4n) is 1.07. The highest BCUT2D eigenvalue weighted by Gasteiger charge is 2.06. The normalized spacial score (nSPS) is 10.6. The van der Waals surface area contributed by atoms with Gasteiger partial charge in [-0.05, 0) is 7.05 Å². The van der Waals surface area contributed by atoms with Crippen molar-refractivity contribution in [1.29, 1.82) is 0 Å². The van der Waals surface area contributed by atoms with Gasteiger partial charge in [-0.1, -0.05) is 11.3 Å². The van der Waals surface area contributed by atoms with Gasteiger partial charge in [0, 0.05) is 19.2 Å². The topological polar surface area (TPSA) is 66.5 Å². The molecular formula is C8H11N5S. The van der Waals surface area contributed by atoms with Gasteiger partial charge in [0.1, 0.15) is 5.01 Å². The Labute approximate surface area is 85.6 Å². The van der Waals surface area contributed by atoms with Gasteiger partial charge < -0.3 is 5.32 Å². The van der Waals surface area contributed by atoms with Crippen LogP contribution in [0.5, 0.6) is 0 Å². The monoisotopic (exact) mass is 209 g/mol. The van der Waals surface area contributed by atoms with Crippen LogP contribution in [0.25, 0.3) is 10.6 Å². The third kappa shape index (κ3) is 1.97. The van der Waals surface area contributed by atoms with Crippen LogP contribution in [0.4, 0.5) is 0 Å². The van der Waals surface area contributed by atoms with E-state index >= 15 is 0 Å². The Morgan fingerprint density at radius 2 is 2.43 bits per heavy atom. The zero-order valence-electron chi connectivity index (χ0n) is 7.82. The molecule has 0 saturated carbocycles. The van der Waals surface area contributed by atoms with E-state index in [-0.39, 0.29) is 0 Å². The number of hydrogen-bond acceptors (Lipinski definition) is 5. The lowest BCUT2D eigenvalue weighted by Gasteiger charge is -1.91. The van der Waals surface area contributed by atoms with Gasteiger partial charge in [0.2, 0.25) is 0 Å². The van der Waals surface area contributed by atoms with Crippen molar-refractivity contribution in [3.63, 3.8) is 0 Å². The van der Waals surface area contributed by atoms with E-state index in [4.69, 9.17) is 0 Å². The number of likely N-dealkylation sites (N-methyl/N-ethyl adjacent to an activating group) is 1. The van der Waals surface area contributed by atoms with Crippen molar-refractivity contribution in [1.82, 2.24) is 25.7 Å². The standard InChI is InChI=1S/C8H11N5S/c1-9-3-2-7-12-13-8(14-7)6-4-10-11-5-6/h4-5,9H,2-3H2,1H3,(H,10,11). The third-order valence-electron chi connectivity index (χ3n) is 1.80. The number of aromatic amines is 1. The Morgan fingerprint density at radius 3 is 3.14 bits per heavy atom. The minimum atomic E-state index is 0.921. The second-order valence-corrected chi connectivity index (χ2v) is 3.90. The fraction of sp³-hybridized carbons (Fsp3) is 0.375. The summed E-state index contributed by atoms with van der Waals surface area (Å²) in [6, 6.07) is 0. The Bertz CT molecular complexity index is 380. The van der Waals surface area contributed by atoms with E-state index in [9.17, 15) is 0 Å². The molecule has 0 spiro atoms. The minimum absolute atomic E-state index is 0.921. The molecule has 0 aliphatic heterocycles. The molecule has 2 N–H and O–H groups in total. The fourth-order valence-corrected chi connectivity index (χ4v) is 1.89. The maximum absolute atomic E-state index is 4.10. The lowest BCUT2D eigenvalue weighted by atomic mass is 10.4. The summed E-state index contributed by atoms with van der Waals surface area (Å²) in [5.74, 6) is 0. The van der Waals surface area contributed by atoms with E-state index in [0.29, 0.717) is 0 Å². The van der Waals surface area contributed by atoms with Crippen LogP contribution in [0.15, 0.2) is 12.4 Å². The van der Waals surface area contributed by atoms with Crippen LogP contribution in [0.2, 0.25) is 0 Å². The summed E-state index contributed by atoms with van der Waals surface area (Å²) in [5.41, 5.74) is 0.998. The molecule has 0 aromatic carbocycles. The number of rotatable bonds is 4. The van der Waals surface area contributed by atoms with Crippen molar-refractivity contribution < 1.29 is 0 Å². The van der Waals surface area contributed by atoms with Gasteiger partial charge in [-0.3, -0.25) is 5.10 Å². The molecule has 0 bridgehead atoms. The summed E-state index contributed by atoms with van der Waals surface area (Å²) in [5, 5.41) is 19.9. The highest BCUT2D eigenvalue weighted by atomic mass is 32.1. The number of aromatic nitrogens is 4. The maximum Gasteiger partial charge on any atom is 0.150 e. The van der Waals surface area contributed by atoms with Crippen LogP contribution in [-0.4, -0.2) is 34.0 Å². The Hall–Kier alpha value is -1.27. The average molecular weight is 209 g/mol. The van der Waals surface area contributed by atoms with E-state index in [1.807, 2.05) is 13.2 Å². The predicted molar refractivity (Wildman–Crippen MR) is 55.1 cm³/mol. The van der Waals surface area contributed by atoms with E-state index in [2.05, 4.69) is 25.7 Å². The minimum Gasteiger partial charge on any atom is -0.319 e. The summed E-state index contributed by atoms with van der Waals surface area (Å²) >= 11 is 1.61. The first-order valence-corrected chi connectivity index (χ1v) is 5.18. The van der Waals surface area contributed by atoms with Crippen LogP contribution in [0.3, 0.4) is 0 Å². The van der Waals surface area contributed by atoms with Gasteiger partial charge in [-0.25, -0.2) is 0 Å². The zero-order chi connectivity index (χ0) is 9.80. The molecule has 0 saturated heterocycles. The van der Waals surface area contributed by atoms with Crippen molar-refractivity contribution in [3.05, 3.63) is 17.4 Å². The highest BCUT2D eigenvalue weighted by Crippen LogP contribution is 2.21. The van der Waals surface area contributed by atoms with Gasteiger partial charge in [0.25, 0.3) is 0 Å². The average Bonchev–Trinajstić information content (AvgIpc) is 2.85. The molecule has 6 heteroatoms. The molecule has 74 valence electrons. The van der Waals surface area contributed by atoms with E-state index in [1.54, 1.807) is 17.5 Å². The third-order valence-corrected chi connectivity index (χ3v) is 2.83. The first-order chi connectivity index (χ1) is 6.90. The summed E-state index contributed by atoms with van der Waals surface area (Å²) in [6.45, 7) is 0.931. The number of hydrogen-bond donors (Lipinski definition) is 2. The van der Waals surface area contributed by atoms with Gasteiger partial charge in [-0.2, -0.15) is 5.10 Å². The van der Waals surface area contributed by atoms with Crippen molar-refractivity contribution in [2.75, 3.05) is 13.6 Å². The Morgan fingerprint density at radius 1 is 1.50 bits per heavy atom. The lowest BCUT2D eigenvalue weighted by Crippen LogP contribution is -2.09. The second-order valence-electron chi connectivity index (χ2n) is 2.84. The van der Waals surface area contributed by atoms with Gasteiger partial charge in [0.15, 0.2) is 5.01 Å².